The van der Waals surface area contributed by atoms with E-state index in [2.05, 4.69) is 5.32 Å². The molecule has 1 aromatic heterocycles. The third kappa shape index (κ3) is 5.58. The molecule has 0 unspecified atom stereocenters. The van der Waals surface area contributed by atoms with Crippen LogP contribution in [-0.2, 0) is 9.59 Å². The van der Waals surface area contributed by atoms with Crippen LogP contribution in [-0.4, -0.2) is 39.9 Å². The van der Waals surface area contributed by atoms with Crippen molar-refractivity contribution in [1.82, 2.24) is 15.1 Å². The molecule has 1 aliphatic rings. The summed E-state index contributed by atoms with van der Waals surface area (Å²) in [4.78, 5) is 28.3. The number of rotatable bonds is 7. The molecule has 2 amide bonds. The van der Waals surface area contributed by atoms with Crippen molar-refractivity contribution >= 4 is 41.0 Å². The summed E-state index contributed by atoms with van der Waals surface area (Å²) >= 11 is 8.09. The van der Waals surface area contributed by atoms with Gasteiger partial charge in [-0.05, 0) is 43.2 Å². The molecule has 0 aliphatic carbocycles. The summed E-state index contributed by atoms with van der Waals surface area (Å²) in [6, 6.07) is 23.2. The van der Waals surface area contributed by atoms with E-state index in [4.69, 9.17) is 16.7 Å². The van der Waals surface area contributed by atoms with E-state index in [1.807, 2.05) is 62.4 Å². The van der Waals surface area contributed by atoms with Gasteiger partial charge in [0.1, 0.15) is 18.2 Å². The lowest BCUT2D eigenvalue weighted by Gasteiger charge is -2.24. The van der Waals surface area contributed by atoms with E-state index in [-0.39, 0.29) is 41.2 Å². The molecule has 6 nitrogen and oxygen atoms in total. The van der Waals surface area contributed by atoms with Gasteiger partial charge in [0.25, 0.3) is 0 Å². The highest BCUT2D eigenvalue weighted by Gasteiger charge is 2.38. The molecule has 4 aromatic rings. The van der Waals surface area contributed by atoms with Crippen molar-refractivity contribution in [3.63, 3.8) is 0 Å². The van der Waals surface area contributed by atoms with E-state index in [9.17, 15) is 14.0 Å². The summed E-state index contributed by atoms with van der Waals surface area (Å²) in [6.45, 7) is 3.75. The van der Waals surface area contributed by atoms with Crippen LogP contribution in [0, 0.1) is 5.82 Å². The van der Waals surface area contributed by atoms with Crippen molar-refractivity contribution in [1.29, 1.82) is 0 Å². The molecule has 0 saturated carbocycles. The SMILES string of the molecule is CC[C@H](C)NC(=O)CN1C(=O)CS[C@@H](c2ccc(F)cc2)c2c(-c3ccccc3)nn(-c3ccccc3Cl)c21. The number of anilines is 1. The van der Waals surface area contributed by atoms with Gasteiger partial charge in [-0.15, -0.1) is 11.8 Å². The number of aromatic nitrogens is 2. The van der Waals surface area contributed by atoms with Crippen LogP contribution in [0.5, 0.6) is 0 Å². The first kappa shape index (κ1) is 27.0. The predicted molar refractivity (Wildman–Crippen MR) is 155 cm³/mol. The summed E-state index contributed by atoms with van der Waals surface area (Å²) < 4.78 is 15.6. The smallest absolute Gasteiger partial charge is 0.240 e. The summed E-state index contributed by atoms with van der Waals surface area (Å²) in [7, 11) is 0. The van der Waals surface area contributed by atoms with Crippen molar-refractivity contribution < 1.29 is 14.0 Å². The third-order valence-electron chi connectivity index (χ3n) is 6.71. The third-order valence-corrected chi connectivity index (χ3v) is 8.29. The molecular formula is C30H28ClFN4O2S. The molecule has 0 spiro atoms. The second-order valence-corrected chi connectivity index (χ2v) is 10.9. The Labute approximate surface area is 236 Å². The molecule has 0 saturated heterocycles. The highest BCUT2D eigenvalue weighted by atomic mass is 35.5. The first-order valence-electron chi connectivity index (χ1n) is 12.8. The van der Waals surface area contributed by atoms with Gasteiger partial charge in [0, 0.05) is 17.2 Å². The first-order valence-corrected chi connectivity index (χ1v) is 14.2. The molecule has 2 heterocycles. The Hall–Kier alpha value is -3.62. The lowest BCUT2D eigenvalue weighted by molar-refractivity contribution is -0.123. The van der Waals surface area contributed by atoms with Crippen LogP contribution in [0.2, 0.25) is 5.02 Å². The number of amides is 2. The summed E-state index contributed by atoms with van der Waals surface area (Å²) in [5.74, 6) is -0.220. The summed E-state index contributed by atoms with van der Waals surface area (Å²) in [5, 5.41) is 8.09. The number of benzene rings is 3. The fraction of sp³-hybridized carbons (Fsp3) is 0.233. The number of halogens is 2. The summed E-state index contributed by atoms with van der Waals surface area (Å²) in [6.07, 6.45) is 0.767. The van der Waals surface area contributed by atoms with E-state index in [1.165, 1.54) is 28.8 Å². The minimum Gasteiger partial charge on any atom is -0.352 e. The van der Waals surface area contributed by atoms with Crippen molar-refractivity contribution in [2.75, 3.05) is 17.2 Å². The number of carbonyl (C=O) groups excluding carboxylic acids is 2. The van der Waals surface area contributed by atoms with Gasteiger partial charge >= 0.3 is 0 Å². The number of para-hydroxylation sites is 1. The Morgan fingerprint density at radius 2 is 1.79 bits per heavy atom. The van der Waals surface area contributed by atoms with Gasteiger partial charge < -0.3 is 5.32 Å². The van der Waals surface area contributed by atoms with Gasteiger partial charge in [-0.2, -0.15) is 5.10 Å². The van der Waals surface area contributed by atoms with Gasteiger partial charge in [0.15, 0.2) is 0 Å². The van der Waals surface area contributed by atoms with Gasteiger partial charge in [-0.1, -0.05) is 73.1 Å². The molecule has 39 heavy (non-hydrogen) atoms. The fourth-order valence-corrected chi connectivity index (χ4v) is 6.00. The predicted octanol–water partition coefficient (Wildman–Crippen LogP) is 6.42. The number of hydrogen-bond donors (Lipinski definition) is 1. The number of nitrogens with zero attached hydrogens (tertiary/aromatic N) is 3. The van der Waals surface area contributed by atoms with Crippen molar-refractivity contribution in [2.24, 2.45) is 0 Å². The maximum absolute atomic E-state index is 13.9. The van der Waals surface area contributed by atoms with Crippen LogP contribution in [0.4, 0.5) is 10.2 Å². The molecule has 9 heteroatoms. The molecule has 0 fully saturated rings. The maximum atomic E-state index is 13.9. The second kappa shape index (κ2) is 11.6. The van der Waals surface area contributed by atoms with Crippen LogP contribution in [0.15, 0.2) is 78.9 Å². The molecular weight excluding hydrogens is 535 g/mol. The van der Waals surface area contributed by atoms with E-state index >= 15 is 0 Å². The molecule has 3 aromatic carbocycles. The fourth-order valence-electron chi connectivity index (χ4n) is 4.59. The molecule has 0 bridgehead atoms. The zero-order chi connectivity index (χ0) is 27.5. The van der Waals surface area contributed by atoms with Gasteiger partial charge in [-0.3, -0.25) is 14.5 Å². The van der Waals surface area contributed by atoms with Crippen LogP contribution < -0.4 is 10.2 Å². The van der Waals surface area contributed by atoms with E-state index < -0.39 is 0 Å². The van der Waals surface area contributed by atoms with Gasteiger partial charge in [0.2, 0.25) is 11.8 Å². The van der Waals surface area contributed by atoms with Crippen LogP contribution in [0.1, 0.15) is 36.6 Å². The Kier molecular flexibility index (Phi) is 8.04. The monoisotopic (exact) mass is 562 g/mol. The minimum absolute atomic E-state index is 0.0336. The maximum Gasteiger partial charge on any atom is 0.240 e. The van der Waals surface area contributed by atoms with Crippen molar-refractivity contribution in [3.8, 4) is 16.9 Å². The number of fused-ring (bicyclic) bond motifs is 1. The average Bonchev–Trinajstić information content (AvgIpc) is 3.26. The number of hydrogen-bond acceptors (Lipinski definition) is 4. The quantitative estimate of drug-likeness (QED) is 0.282. The highest BCUT2D eigenvalue weighted by molar-refractivity contribution is 8.00. The van der Waals surface area contributed by atoms with Crippen LogP contribution in [0.3, 0.4) is 0 Å². The van der Waals surface area contributed by atoms with E-state index in [0.717, 1.165) is 23.1 Å². The van der Waals surface area contributed by atoms with Crippen LogP contribution >= 0.6 is 23.4 Å². The lowest BCUT2D eigenvalue weighted by Crippen LogP contribution is -2.44. The Morgan fingerprint density at radius 3 is 2.49 bits per heavy atom. The van der Waals surface area contributed by atoms with Crippen molar-refractivity contribution in [2.45, 2.75) is 31.6 Å². The van der Waals surface area contributed by atoms with E-state index in [1.54, 1.807) is 22.9 Å². The Bertz CT molecular complexity index is 1490. The molecule has 200 valence electrons. The van der Waals surface area contributed by atoms with Crippen molar-refractivity contribution in [3.05, 3.63) is 101 Å². The Balaban J connectivity index is 1.78. The standard InChI is InChI=1S/C30H28ClFN4O2S/c1-3-19(2)33-25(37)17-35-26(38)18-39-29(21-13-15-22(32)16-14-21)27-28(20-9-5-4-6-10-20)34-36(30(27)35)24-12-8-7-11-23(24)31/h4-16,19,29H,3,17-18H2,1-2H3,(H,33,37)/t19-,29-/m0/s1. The minimum atomic E-state index is -0.348. The van der Waals surface area contributed by atoms with E-state index in [0.29, 0.717) is 22.2 Å². The first-order chi connectivity index (χ1) is 18.9. The highest BCUT2D eigenvalue weighted by Crippen LogP contribution is 2.48. The zero-order valence-corrected chi connectivity index (χ0v) is 23.2. The van der Waals surface area contributed by atoms with Crippen LogP contribution in [0.25, 0.3) is 16.9 Å². The molecule has 1 N–H and O–H groups in total. The van der Waals surface area contributed by atoms with Gasteiger partial charge in [0.05, 0.1) is 27.4 Å². The topological polar surface area (TPSA) is 67.2 Å². The molecule has 1 aliphatic heterocycles. The lowest BCUT2D eigenvalue weighted by atomic mass is 9.99. The number of thioether (sulfide) groups is 1. The molecule has 2 atom stereocenters. The number of nitrogens with one attached hydrogen (secondary N) is 1. The summed E-state index contributed by atoms with van der Waals surface area (Å²) in [5.41, 5.74) is 3.69. The Morgan fingerprint density at radius 1 is 1.10 bits per heavy atom. The average molecular weight is 563 g/mol. The molecule has 0 radical (unpaired) electrons. The second-order valence-electron chi connectivity index (χ2n) is 9.41. The molecule has 5 rings (SSSR count). The zero-order valence-electron chi connectivity index (χ0n) is 21.6. The largest absolute Gasteiger partial charge is 0.352 e. The number of carbonyl (C=O) groups is 2. The van der Waals surface area contributed by atoms with Gasteiger partial charge in [-0.25, -0.2) is 9.07 Å². The normalized spacial score (nSPS) is 15.9.